The largest absolute Gasteiger partial charge is 0.441 e. The normalized spacial score (nSPS) is 10.9. The molecule has 0 aliphatic carbocycles. The summed E-state index contributed by atoms with van der Waals surface area (Å²) in [5.41, 5.74) is 8.30. The molecular formula is C12H9N3O2S. The van der Waals surface area contributed by atoms with Crippen LogP contribution < -0.4 is 5.73 Å². The summed E-state index contributed by atoms with van der Waals surface area (Å²) in [5.74, 6) is 0.114. The standard InChI is InChI=1S/C12H9N3O2S/c1-6-14-8-4-7(2-3-10(8)17-6)9-5-18-12(15-9)11(13)16/h2-5H,1H3,(H2,13,16). The Balaban J connectivity index is 2.09. The Labute approximate surface area is 106 Å². The molecule has 0 spiro atoms. The van der Waals surface area contributed by atoms with E-state index in [0.717, 1.165) is 22.4 Å². The average molecular weight is 259 g/mol. The lowest BCUT2D eigenvalue weighted by molar-refractivity contribution is 0.1000. The molecule has 0 aliphatic heterocycles. The lowest BCUT2D eigenvalue weighted by atomic mass is 10.1. The number of nitrogens with two attached hydrogens (primary N) is 1. The lowest BCUT2D eigenvalue weighted by Crippen LogP contribution is -2.10. The van der Waals surface area contributed by atoms with E-state index in [4.69, 9.17) is 10.2 Å². The molecule has 0 radical (unpaired) electrons. The molecule has 1 aromatic carbocycles. The number of hydrogen-bond donors (Lipinski definition) is 1. The van der Waals surface area contributed by atoms with E-state index >= 15 is 0 Å². The molecule has 0 saturated carbocycles. The minimum Gasteiger partial charge on any atom is -0.441 e. The zero-order valence-corrected chi connectivity index (χ0v) is 10.3. The first kappa shape index (κ1) is 10.9. The number of rotatable bonds is 2. The predicted octanol–water partition coefficient (Wildman–Crippen LogP) is 2.36. The molecule has 0 saturated heterocycles. The Morgan fingerprint density at radius 1 is 1.39 bits per heavy atom. The van der Waals surface area contributed by atoms with Gasteiger partial charge in [0.2, 0.25) is 0 Å². The minimum absolute atomic E-state index is 0.307. The fourth-order valence-corrected chi connectivity index (χ4v) is 2.40. The first-order valence-electron chi connectivity index (χ1n) is 5.26. The van der Waals surface area contributed by atoms with E-state index in [0.29, 0.717) is 10.9 Å². The molecule has 18 heavy (non-hydrogen) atoms. The van der Waals surface area contributed by atoms with Crippen molar-refractivity contribution in [2.75, 3.05) is 0 Å². The van der Waals surface area contributed by atoms with E-state index in [1.165, 1.54) is 11.3 Å². The summed E-state index contributed by atoms with van der Waals surface area (Å²) in [4.78, 5) is 19.4. The Hall–Kier alpha value is -2.21. The molecule has 2 heterocycles. The number of amides is 1. The van der Waals surface area contributed by atoms with Crippen LogP contribution in [0, 0.1) is 6.92 Å². The Kier molecular flexibility index (Phi) is 2.38. The van der Waals surface area contributed by atoms with Gasteiger partial charge in [-0.15, -0.1) is 11.3 Å². The minimum atomic E-state index is -0.510. The molecule has 3 aromatic rings. The van der Waals surface area contributed by atoms with Gasteiger partial charge in [-0.05, 0) is 18.2 Å². The number of primary amides is 1. The van der Waals surface area contributed by atoms with Crippen molar-refractivity contribution >= 4 is 28.3 Å². The summed E-state index contributed by atoms with van der Waals surface area (Å²) in [6, 6.07) is 5.60. The Morgan fingerprint density at radius 2 is 2.22 bits per heavy atom. The second kappa shape index (κ2) is 3.92. The highest BCUT2D eigenvalue weighted by Gasteiger charge is 2.10. The highest BCUT2D eigenvalue weighted by molar-refractivity contribution is 7.12. The van der Waals surface area contributed by atoms with Crippen LogP contribution in [0.2, 0.25) is 0 Å². The zero-order chi connectivity index (χ0) is 12.7. The molecule has 1 amide bonds. The highest BCUT2D eigenvalue weighted by Crippen LogP contribution is 2.25. The third-order valence-corrected chi connectivity index (χ3v) is 3.36. The summed E-state index contributed by atoms with van der Waals surface area (Å²) in [6.07, 6.45) is 0. The number of nitrogens with zero attached hydrogens (tertiary/aromatic N) is 2. The van der Waals surface area contributed by atoms with Crippen LogP contribution in [-0.2, 0) is 0 Å². The van der Waals surface area contributed by atoms with Crippen LogP contribution in [0.3, 0.4) is 0 Å². The van der Waals surface area contributed by atoms with Gasteiger partial charge in [0.05, 0.1) is 5.69 Å². The number of fused-ring (bicyclic) bond motifs is 1. The van der Waals surface area contributed by atoms with E-state index in [1.807, 2.05) is 18.2 Å². The predicted molar refractivity (Wildman–Crippen MR) is 68.4 cm³/mol. The Morgan fingerprint density at radius 3 is 2.94 bits per heavy atom. The molecule has 2 N–H and O–H groups in total. The fourth-order valence-electron chi connectivity index (χ4n) is 1.72. The molecule has 6 heteroatoms. The smallest absolute Gasteiger partial charge is 0.277 e. The van der Waals surface area contributed by atoms with Crippen molar-refractivity contribution in [3.63, 3.8) is 0 Å². The first-order valence-corrected chi connectivity index (χ1v) is 6.14. The summed E-state index contributed by atoms with van der Waals surface area (Å²) >= 11 is 1.23. The number of aryl methyl sites for hydroxylation is 1. The SMILES string of the molecule is Cc1nc2cc(-c3csc(C(N)=O)n3)ccc2o1. The first-order chi connectivity index (χ1) is 8.63. The molecule has 0 aliphatic rings. The van der Waals surface area contributed by atoms with Gasteiger partial charge in [0.25, 0.3) is 5.91 Å². The summed E-state index contributed by atoms with van der Waals surface area (Å²) < 4.78 is 5.40. The van der Waals surface area contributed by atoms with Crippen molar-refractivity contribution in [3.8, 4) is 11.3 Å². The molecule has 90 valence electrons. The van der Waals surface area contributed by atoms with Crippen molar-refractivity contribution in [3.05, 3.63) is 34.5 Å². The van der Waals surface area contributed by atoms with Crippen molar-refractivity contribution in [2.24, 2.45) is 5.73 Å². The van der Waals surface area contributed by atoms with E-state index in [9.17, 15) is 4.79 Å². The fraction of sp³-hybridized carbons (Fsp3) is 0.0833. The number of thiazole rings is 1. The van der Waals surface area contributed by atoms with E-state index in [1.54, 1.807) is 12.3 Å². The maximum atomic E-state index is 11.0. The summed E-state index contributed by atoms with van der Waals surface area (Å²) in [6.45, 7) is 1.80. The molecule has 5 nitrogen and oxygen atoms in total. The molecular weight excluding hydrogens is 250 g/mol. The molecule has 3 rings (SSSR count). The van der Waals surface area contributed by atoms with Gasteiger partial charge in [-0.1, -0.05) is 0 Å². The van der Waals surface area contributed by atoms with Gasteiger partial charge in [0.15, 0.2) is 16.5 Å². The van der Waals surface area contributed by atoms with E-state index in [2.05, 4.69) is 9.97 Å². The quantitative estimate of drug-likeness (QED) is 0.765. The third kappa shape index (κ3) is 1.76. The number of carbonyl (C=O) groups is 1. The van der Waals surface area contributed by atoms with Gasteiger partial charge in [-0.25, -0.2) is 9.97 Å². The van der Waals surface area contributed by atoms with E-state index < -0.39 is 5.91 Å². The Bertz CT molecular complexity index is 745. The van der Waals surface area contributed by atoms with Crippen LogP contribution in [0.5, 0.6) is 0 Å². The van der Waals surface area contributed by atoms with Crippen LogP contribution in [0.1, 0.15) is 15.7 Å². The molecule has 0 fully saturated rings. The summed E-state index contributed by atoms with van der Waals surface area (Å²) in [7, 11) is 0. The monoisotopic (exact) mass is 259 g/mol. The second-order valence-corrected chi connectivity index (χ2v) is 4.68. The molecule has 0 bridgehead atoms. The number of aromatic nitrogens is 2. The van der Waals surface area contributed by atoms with Gasteiger partial charge >= 0.3 is 0 Å². The van der Waals surface area contributed by atoms with Crippen molar-refractivity contribution < 1.29 is 9.21 Å². The van der Waals surface area contributed by atoms with Crippen LogP contribution >= 0.6 is 11.3 Å². The number of hydrogen-bond acceptors (Lipinski definition) is 5. The number of benzene rings is 1. The van der Waals surface area contributed by atoms with Crippen molar-refractivity contribution in [2.45, 2.75) is 6.92 Å². The maximum absolute atomic E-state index is 11.0. The number of carbonyl (C=O) groups excluding carboxylic acids is 1. The van der Waals surface area contributed by atoms with Crippen LogP contribution in [0.15, 0.2) is 28.0 Å². The van der Waals surface area contributed by atoms with Gasteiger partial charge in [-0.2, -0.15) is 0 Å². The zero-order valence-electron chi connectivity index (χ0n) is 9.51. The summed E-state index contributed by atoms with van der Waals surface area (Å²) in [5, 5.41) is 2.11. The number of oxazole rings is 1. The molecule has 0 unspecified atom stereocenters. The average Bonchev–Trinajstić information content (AvgIpc) is 2.91. The topological polar surface area (TPSA) is 82.0 Å². The third-order valence-electron chi connectivity index (χ3n) is 2.51. The lowest BCUT2D eigenvalue weighted by Gasteiger charge is -1.95. The van der Waals surface area contributed by atoms with Crippen LogP contribution in [-0.4, -0.2) is 15.9 Å². The molecule has 2 aromatic heterocycles. The maximum Gasteiger partial charge on any atom is 0.277 e. The van der Waals surface area contributed by atoms with Crippen molar-refractivity contribution in [1.82, 2.24) is 9.97 Å². The van der Waals surface area contributed by atoms with Crippen LogP contribution in [0.25, 0.3) is 22.4 Å². The molecule has 0 atom stereocenters. The van der Waals surface area contributed by atoms with Gasteiger partial charge < -0.3 is 10.2 Å². The van der Waals surface area contributed by atoms with Gasteiger partial charge in [0.1, 0.15) is 5.52 Å². The van der Waals surface area contributed by atoms with Crippen LogP contribution in [0.4, 0.5) is 0 Å². The second-order valence-electron chi connectivity index (χ2n) is 3.82. The van der Waals surface area contributed by atoms with E-state index in [-0.39, 0.29) is 0 Å². The van der Waals surface area contributed by atoms with Gasteiger partial charge in [0, 0.05) is 17.9 Å². The highest BCUT2D eigenvalue weighted by atomic mass is 32.1. The van der Waals surface area contributed by atoms with Crippen molar-refractivity contribution in [1.29, 1.82) is 0 Å². The van der Waals surface area contributed by atoms with Gasteiger partial charge in [-0.3, -0.25) is 4.79 Å².